The Morgan fingerprint density at radius 1 is 1.00 bits per heavy atom. The van der Waals surface area contributed by atoms with E-state index in [1.165, 1.54) is 42.6 Å². The number of methoxy groups -OCH3 is 2. The number of benzene rings is 2. The van der Waals surface area contributed by atoms with E-state index in [0.29, 0.717) is 22.1 Å². The van der Waals surface area contributed by atoms with Gasteiger partial charge in [-0.25, -0.2) is 4.39 Å². The lowest BCUT2D eigenvalue weighted by Crippen LogP contribution is -2.45. The summed E-state index contributed by atoms with van der Waals surface area (Å²) in [4.78, 5) is 40.3. The van der Waals surface area contributed by atoms with Crippen LogP contribution in [0.15, 0.2) is 54.6 Å². The molecule has 0 aliphatic carbocycles. The number of ether oxygens (including phenoxy) is 2. The molecule has 2 aromatic carbocycles. The summed E-state index contributed by atoms with van der Waals surface area (Å²) < 4.78 is 23.6. The smallest absolute Gasteiger partial charge is 0.279 e. The molecular weight excluding hydrogens is 461 g/mol. The van der Waals surface area contributed by atoms with Crippen molar-refractivity contribution in [1.29, 1.82) is 0 Å². The molecule has 4 rings (SSSR count). The van der Waals surface area contributed by atoms with Crippen LogP contribution in [0.3, 0.4) is 0 Å². The third kappa shape index (κ3) is 4.86. The summed E-state index contributed by atoms with van der Waals surface area (Å²) in [5.74, 6) is -1.10. The number of nitrogens with one attached hydrogen (secondary N) is 2. The highest BCUT2D eigenvalue weighted by atomic mass is 32.1. The molecule has 1 aliphatic heterocycles. The quantitative estimate of drug-likeness (QED) is 0.524. The molecule has 176 valence electrons. The molecule has 0 spiro atoms. The van der Waals surface area contributed by atoms with Gasteiger partial charge in [0.15, 0.2) is 11.5 Å². The Morgan fingerprint density at radius 3 is 2.44 bits per heavy atom. The molecule has 34 heavy (non-hydrogen) atoms. The molecule has 10 heteroatoms. The maximum absolute atomic E-state index is 13.1. The second-order valence-electron chi connectivity index (χ2n) is 7.56. The number of nitrogens with zero attached hydrogens (tertiary/aromatic N) is 1. The third-order valence-corrected chi connectivity index (χ3v) is 6.57. The van der Waals surface area contributed by atoms with Crippen LogP contribution in [0.5, 0.6) is 11.5 Å². The molecule has 1 saturated heterocycles. The summed E-state index contributed by atoms with van der Waals surface area (Å²) in [6.07, 6.45) is 0.0176. The van der Waals surface area contributed by atoms with Gasteiger partial charge in [-0.15, -0.1) is 11.3 Å². The SMILES string of the molecule is COc1ccc(N2CC(C(=O)NNC(=O)c3ccc(-c4ccc(F)cc4)s3)CC2=O)cc1OC. The zero-order valence-electron chi connectivity index (χ0n) is 18.5. The van der Waals surface area contributed by atoms with Gasteiger partial charge in [0.25, 0.3) is 5.91 Å². The molecule has 3 amide bonds. The Labute approximate surface area is 199 Å². The minimum absolute atomic E-state index is 0.0176. The van der Waals surface area contributed by atoms with E-state index >= 15 is 0 Å². The number of carbonyl (C=O) groups is 3. The number of hydrogen-bond donors (Lipinski definition) is 2. The number of hydrogen-bond acceptors (Lipinski definition) is 6. The Kier molecular flexibility index (Phi) is 6.78. The van der Waals surface area contributed by atoms with E-state index in [4.69, 9.17) is 9.47 Å². The van der Waals surface area contributed by atoms with Gasteiger partial charge < -0.3 is 14.4 Å². The van der Waals surface area contributed by atoms with Crippen LogP contribution >= 0.6 is 11.3 Å². The summed E-state index contributed by atoms with van der Waals surface area (Å²) in [5, 5.41) is 0. The number of halogens is 1. The second kappa shape index (κ2) is 9.92. The maximum Gasteiger partial charge on any atom is 0.279 e. The molecule has 1 fully saturated rings. The van der Waals surface area contributed by atoms with Gasteiger partial charge in [0.05, 0.1) is 25.0 Å². The summed E-state index contributed by atoms with van der Waals surface area (Å²) in [6.45, 7) is 0.170. The van der Waals surface area contributed by atoms with Crippen molar-refractivity contribution in [2.75, 3.05) is 25.7 Å². The van der Waals surface area contributed by atoms with Crippen molar-refractivity contribution >= 4 is 34.7 Å². The molecule has 0 radical (unpaired) electrons. The number of amides is 3. The number of rotatable bonds is 6. The molecule has 8 nitrogen and oxygen atoms in total. The van der Waals surface area contributed by atoms with Crippen LogP contribution in [0.1, 0.15) is 16.1 Å². The van der Waals surface area contributed by atoms with E-state index in [1.807, 2.05) is 0 Å². The maximum atomic E-state index is 13.1. The van der Waals surface area contributed by atoms with Crippen LogP contribution in [-0.4, -0.2) is 38.5 Å². The molecule has 1 atom stereocenters. The topological polar surface area (TPSA) is 97.0 Å². The highest BCUT2D eigenvalue weighted by Gasteiger charge is 2.35. The Balaban J connectivity index is 1.35. The summed E-state index contributed by atoms with van der Waals surface area (Å²) in [5.41, 5.74) is 6.18. The van der Waals surface area contributed by atoms with Crippen LogP contribution < -0.4 is 25.2 Å². The van der Waals surface area contributed by atoms with E-state index in [-0.39, 0.29) is 24.7 Å². The summed E-state index contributed by atoms with van der Waals surface area (Å²) in [6, 6.07) is 14.4. The number of carbonyl (C=O) groups excluding carboxylic acids is 3. The molecule has 1 unspecified atom stereocenters. The van der Waals surface area contributed by atoms with Crippen molar-refractivity contribution in [3.63, 3.8) is 0 Å². The first-order valence-corrected chi connectivity index (χ1v) is 11.2. The van der Waals surface area contributed by atoms with E-state index < -0.39 is 17.7 Å². The van der Waals surface area contributed by atoms with Crippen LogP contribution in [0.2, 0.25) is 0 Å². The van der Waals surface area contributed by atoms with Gasteiger partial charge in [-0.1, -0.05) is 12.1 Å². The van der Waals surface area contributed by atoms with Crippen LogP contribution in [0, 0.1) is 11.7 Å². The molecular formula is C24H22FN3O5S. The zero-order chi connectivity index (χ0) is 24.2. The molecule has 1 aromatic heterocycles. The van der Waals surface area contributed by atoms with Crippen LogP contribution in [0.4, 0.5) is 10.1 Å². The lowest BCUT2D eigenvalue weighted by molar-refractivity contribution is -0.126. The molecule has 1 aliphatic rings. The van der Waals surface area contributed by atoms with Crippen molar-refractivity contribution < 1.29 is 28.2 Å². The normalized spacial score (nSPS) is 15.2. The fraction of sp³-hybridized carbons (Fsp3) is 0.208. The van der Waals surface area contributed by atoms with E-state index in [0.717, 1.165) is 10.4 Å². The zero-order valence-corrected chi connectivity index (χ0v) is 19.3. The number of anilines is 1. The second-order valence-corrected chi connectivity index (χ2v) is 8.64. The van der Waals surface area contributed by atoms with Crippen molar-refractivity contribution in [2.24, 2.45) is 5.92 Å². The van der Waals surface area contributed by atoms with E-state index in [2.05, 4.69) is 10.9 Å². The Morgan fingerprint density at radius 2 is 1.74 bits per heavy atom. The molecule has 3 aromatic rings. The molecule has 2 N–H and O–H groups in total. The largest absolute Gasteiger partial charge is 0.493 e. The molecule has 0 bridgehead atoms. The van der Waals surface area contributed by atoms with Gasteiger partial charge >= 0.3 is 0 Å². The molecule has 2 heterocycles. The first-order valence-electron chi connectivity index (χ1n) is 10.4. The van der Waals surface area contributed by atoms with E-state index in [9.17, 15) is 18.8 Å². The number of thiophene rings is 1. The van der Waals surface area contributed by atoms with Crippen LogP contribution in [0.25, 0.3) is 10.4 Å². The van der Waals surface area contributed by atoms with Gasteiger partial charge in [-0.3, -0.25) is 25.2 Å². The predicted octanol–water partition coefficient (Wildman–Crippen LogP) is 3.39. The fourth-order valence-electron chi connectivity index (χ4n) is 3.64. The monoisotopic (exact) mass is 483 g/mol. The van der Waals surface area contributed by atoms with Crippen molar-refractivity contribution in [1.82, 2.24) is 10.9 Å². The third-order valence-electron chi connectivity index (χ3n) is 5.43. The molecule has 0 saturated carbocycles. The predicted molar refractivity (Wildman–Crippen MR) is 125 cm³/mol. The average Bonchev–Trinajstić information content (AvgIpc) is 3.50. The minimum Gasteiger partial charge on any atom is -0.493 e. The van der Waals surface area contributed by atoms with Crippen molar-refractivity contribution in [2.45, 2.75) is 6.42 Å². The van der Waals surface area contributed by atoms with Gasteiger partial charge in [-0.2, -0.15) is 0 Å². The minimum atomic E-state index is -0.626. The lowest BCUT2D eigenvalue weighted by Gasteiger charge is -2.18. The van der Waals surface area contributed by atoms with Crippen LogP contribution in [-0.2, 0) is 9.59 Å². The standard InChI is InChI=1S/C24H22FN3O5S/c1-32-18-8-7-17(12-19(18)33-2)28-13-15(11-22(28)29)23(30)26-27-24(31)21-10-9-20(34-21)14-3-5-16(25)6-4-14/h3-10,12,15H,11,13H2,1-2H3,(H,26,30)(H,27,31). The van der Waals surface area contributed by atoms with Gasteiger partial charge in [0.2, 0.25) is 11.8 Å². The highest BCUT2D eigenvalue weighted by Crippen LogP contribution is 2.34. The first-order chi connectivity index (χ1) is 16.4. The van der Waals surface area contributed by atoms with Crippen molar-refractivity contribution in [3.05, 3.63) is 65.3 Å². The van der Waals surface area contributed by atoms with Gasteiger partial charge in [0.1, 0.15) is 5.82 Å². The Bertz CT molecular complexity index is 1230. The lowest BCUT2D eigenvalue weighted by atomic mass is 10.1. The Hall–Kier alpha value is -3.92. The van der Waals surface area contributed by atoms with Gasteiger partial charge in [0, 0.05) is 29.6 Å². The summed E-state index contributed by atoms with van der Waals surface area (Å²) >= 11 is 1.22. The summed E-state index contributed by atoms with van der Waals surface area (Å²) in [7, 11) is 3.02. The highest BCUT2D eigenvalue weighted by molar-refractivity contribution is 7.17. The van der Waals surface area contributed by atoms with E-state index in [1.54, 1.807) is 42.5 Å². The first kappa shape index (κ1) is 23.2. The average molecular weight is 484 g/mol. The fourth-order valence-corrected chi connectivity index (χ4v) is 4.54. The number of hydrazine groups is 1. The van der Waals surface area contributed by atoms with Gasteiger partial charge in [-0.05, 0) is 42.0 Å². The van der Waals surface area contributed by atoms with Crippen molar-refractivity contribution in [3.8, 4) is 21.9 Å².